The summed E-state index contributed by atoms with van der Waals surface area (Å²) in [7, 11) is 0. The lowest BCUT2D eigenvalue weighted by molar-refractivity contribution is -0.260. The molecule has 0 aromatic carbocycles. The van der Waals surface area contributed by atoms with E-state index in [1.807, 2.05) is 0 Å². The van der Waals surface area contributed by atoms with Gasteiger partial charge in [0.2, 0.25) is 5.60 Å². The maximum Gasteiger partial charge on any atom is 0.422 e. The largest absolute Gasteiger partial charge is 0.422 e. The van der Waals surface area contributed by atoms with Gasteiger partial charge < -0.3 is 5.11 Å². The lowest BCUT2D eigenvalue weighted by Gasteiger charge is -2.32. The van der Waals surface area contributed by atoms with Crippen LogP contribution in [-0.4, -0.2) is 31.3 Å². The zero-order chi connectivity index (χ0) is 18.2. The molecule has 0 spiro atoms. The van der Waals surface area contributed by atoms with Gasteiger partial charge in [-0.3, -0.25) is 4.68 Å². The van der Waals surface area contributed by atoms with Gasteiger partial charge in [0.15, 0.2) is 5.67 Å². The summed E-state index contributed by atoms with van der Waals surface area (Å²) in [5, 5.41) is 21.6. The fraction of sp³-hybridized carbons (Fsp3) is 0.562. The van der Waals surface area contributed by atoms with Crippen molar-refractivity contribution >= 4 is 0 Å². The van der Waals surface area contributed by atoms with Crippen molar-refractivity contribution in [1.82, 2.24) is 20.0 Å². The van der Waals surface area contributed by atoms with Crippen molar-refractivity contribution < 1.29 is 22.7 Å². The molecule has 25 heavy (non-hydrogen) atoms. The number of alkyl halides is 4. The van der Waals surface area contributed by atoms with Gasteiger partial charge in [0.1, 0.15) is 11.4 Å². The second-order valence-electron chi connectivity index (χ2n) is 7.05. The van der Waals surface area contributed by atoms with E-state index in [-0.39, 0.29) is 18.0 Å². The standard InChI is InChI=1S/C16H16F4N4O/c1-8-7-24-10(5-11(23-24)15(17)3-4-15)9-6-21-22-13(12(8)9)14(2,25)16(18,19)20/h5-6,8,25H,3-4,7H2,1-2H3/t8-,14+/m1/s1. The molecule has 0 saturated heterocycles. The fourth-order valence-electron chi connectivity index (χ4n) is 3.30. The van der Waals surface area contributed by atoms with Crippen molar-refractivity contribution in [2.24, 2.45) is 0 Å². The van der Waals surface area contributed by atoms with Gasteiger partial charge >= 0.3 is 6.18 Å². The van der Waals surface area contributed by atoms with Crippen molar-refractivity contribution in [3.8, 4) is 11.3 Å². The molecular weight excluding hydrogens is 340 g/mol. The molecule has 0 amide bonds. The van der Waals surface area contributed by atoms with Gasteiger partial charge in [-0.2, -0.15) is 28.5 Å². The third kappa shape index (κ3) is 2.28. The monoisotopic (exact) mass is 356 g/mol. The SMILES string of the molecule is C[C@@H]1Cn2nc(C3(F)CC3)cc2-c2cnnc([C@](C)(O)C(F)(F)F)c21. The van der Waals surface area contributed by atoms with Crippen molar-refractivity contribution in [3.63, 3.8) is 0 Å². The van der Waals surface area contributed by atoms with Crippen molar-refractivity contribution in [1.29, 1.82) is 0 Å². The first kappa shape index (κ1) is 16.4. The highest BCUT2D eigenvalue weighted by molar-refractivity contribution is 5.67. The molecule has 0 bridgehead atoms. The van der Waals surface area contributed by atoms with E-state index in [9.17, 15) is 22.7 Å². The van der Waals surface area contributed by atoms with E-state index in [2.05, 4.69) is 15.3 Å². The predicted molar refractivity (Wildman–Crippen MR) is 79.3 cm³/mol. The Bertz CT molecular complexity index is 854. The molecule has 4 rings (SSSR count). The Hall–Kier alpha value is -2.03. The summed E-state index contributed by atoms with van der Waals surface area (Å²) in [6.07, 6.45) is -2.75. The first-order chi connectivity index (χ1) is 11.5. The maximum atomic E-state index is 14.3. The Kier molecular flexibility index (Phi) is 3.14. The molecule has 1 fully saturated rings. The van der Waals surface area contributed by atoms with E-state index < -0.39 is 23.1 Å². The number of fused-ring (bicyclic) bond motifs is 3. The van der Waals surface area contributed by atoms with Crippen LogP contribution in [0.2, 0.25) is 0 Å². The molecule has 0 unspecified atom stereocenters. The van der Waals surface area contributed by atoms with Gasteiger partial charge in [-0.15, -0.1) is 0 Å². The number of rotatable bonds is 2. The van der Waals surface area contributed by atoms with Crippen LogP contribution in [0.3, 0.4) is 0 Å². The van der Waals surface area contributed by atoms with Crippen LogP contribution in [0.1, 0.15) is 49.6 Å². The Morgan fingerprint density at radius 1 is 1.32 bits per heavy atom. The number of aromatic nitrogens is 4. The summed E-state index contributed by atoms with van der Waals surface area (Å²) in [6.45, 7) is 2.68. The van der Waals surface area contributed by atoms with Crippen molar-refractivity contribution in [3.05, 3.63) is 29.2 Å². The van der Waals surface area contributed by atoms with Crippen LogP contribution in [0.25, 0.3) is 11.3 Å². The first-order valence-electron chi connectivity index (χ1n) is 7.97. The van der Waals surface area contributed by atoms with Crippen LogP contribution in [0.15, 0.2) is 12.3 Å². The molecule has 9 heteroatoms. The van der Waals surface area contributed by atoms with Gasteiger partial charge in [-0.1, -0.05) is 6.92 Å². The molecule has 1 aliphatic heterocycles. The van der Waals surface area contributed by atoms with E-state index in [0.29, 0.717) is 36.7 Å². The minimum atomic E-state index is -4.89. The van der Waals surface area contributed by atoms with Gasteiger partial charge in [0.25, 0.3) is 0 Å². The third-order valence-corrected chi connectivity index (χ3v) is 5.05. The predicted octanol–water partition coefficient (Wildman–Crippen LogP) is 3.19. The first-order valence-corrected chi connectivity index (χ1v) is 7.97. The number of halogens is 4. The minimum absolute atomic E-state index is 0.278. The van der Waals surface area contributed by atoms with Gasteiger partial charge in [0.05, 0.1) is 11.9 Å². The zero-order valence-electron chi connectivity index (χ0n) is 13.6. The summed E-state index contributed by atoms with van der Waals surface area (Å²) >= 11 is 0. The average Bonchev–Trinajstić information content (AvgIpc) is 3.12. The molecule has 0 radical (unpaired) electrons. The maximum absolute atomic E-state index is 14.3. The second-order valence-corrected chi connectivity index (χ2v) is 7.05. The highest BCUT2D eigenvalue weighted by atomic mass is 19.4. The van der Waals surface area contributed by atoms with Crippen LogP contribution >= 0.6 is 0 Å². The van der Waals surface area contributed by atoms with Crippen molar-refractivity contribution in [2.75, 3.05) is 0 Å². The van der Waals surface area contributed by atoms with Crippen LogP contribution in [0.5, 0.6) is 0 Å². The van der Waals surface area contributed by atoms with Crippen LogP contribution in [0, 0.1) is 0 Å². The Labute approximate surface area is 140 Å². The molecule has 5 nitrogen and oxygen atoms in total. The van der Waals surface area contributed by atoms with E-state index in [1.165, 1.54) is 6.20 Å². The third-order valence-electron chi connectivity index (χ3n) is 5.05. The highest BCUT2D eigenvalue weighted by Crippen LogP contribution is 2.51. The molecule has 2 aromatic heterocycles. The summed E-state index contributed by atoms with van der Waals surface area (Å²) in [4.78, 5) is 0. The fourth-order valence-corrected chi connectivity index (χ4v) is 3.30. The Balaban J connectivity index is 1.90. The van der Waals surface area contributed by atoms with E-state index in [0.717, 1.165) is 0 Å². The van der Waals surface area contributed by atoms with Gasteiger partial charge in [-0.05, 0) is 31.4 Å². The van der Waals surface area contributed by atoms with Gasteiger partial charge in [-0.25, -0.2) is 4.39 Å². The molecule has 1 aliphatic carbocycles. The van der Waals surface area contributed by atoms with Crippen LogP contribution in [-0.2, 0) is 17.8 Å². The molecule has 1 saturated carbocycles. The van der Waals surface area contributed by atoms with Crippen molar-refractivity contribution in [2.45, 2.75) is 56.6 Å². The quantitative estimate of drug-likeness (QED) is 0.840. The Morgan fingerprint density at radius 3 is 2.60 bits per heavy atom. The lowest BCUT2D eigenvalue weighted by atomic mass is 9.85. The molecule has 2 atom stereocenters. The summed E-state index contributed by atoms with van der Waals surface area (Å²) in [5.74, 6) is -0.385. The molecule has 1 N–H and O–H groups in total. The van der Waals surface area contributed by atoms with E-state index >= 15 is 0 Å². The van der Waals surface area contributed by atoms with E-state index in [4.69, 9.17) is 0 Å². The summed E-state index contributed by atoms with van der Waals surface area (Å²) in [5.41, 5.74) is -3.60. The summed E-state index contributed by atoms with van der Waals surface area (Å²) in [6, 6.07) is 1.56. The molecule has 2 aromatic rings. The number of nitrogens with zero attached hydrogens (tertiary/aromatic N) is 4. The molecular formula is C16H16F4N4O. The number of aliphatic hydroxyl groups is 1. The number of hydrogen-bond donors (Lipinski definition) is 1. The lowest BCUT2D eigenvalue weighted by Crippen LogP contribution is -2.42. The average molecular weight is 356 g/mol. The summed E-state index contributed by atoms with van der Waals surface area (Å²) < 4.78 is 55.8. The van der Waals surface area contributed by atoms with Crippen LogP contribution in [0.4, 0.5) is 17.6 Å². The zero-order valence-corrected chi connectivity index (χ0v) is 13.6. The van der Waals surface area contributed by atoms with Crippen LogP contribution < -0.4 is 0 Å². The number of hydrogen-bond acceptors (Lipinski definition) is 4. The smallest absolute Gasteiger partial charge is 0.375 e. The normalized spacial score (nSPS) is 23.6. The molecule has 3 heterocycles. The topological polar surface area (TPSA) is 63.8 Å². The molecule has 134 valence electrons. The Morgan fingerprint density at radius 2 is 2.00 bits per heavy atom. The highest BCUT2D eigenvalue weighted by Gasteiger charge is 2.55. The minimum Gasteiger partial charge on any atom is -0.375 e. The van der Waals surface area contributed by atoms with E-state index in [1.54, 1.807) is 17.7 Å². The van der Waals surface area contributed by atoms with Gasteiger partial charge in [0, 0.05) is 18.0 Å². The second kappa shape index (κ2) is 4.78. The molecule has 2 aliphatic rings.